The normalized spacial score (nSPS) is 10.5. The second-order valence-corrected chi connectivity index (χ2v) is 3.55. The molecule has 0 bridgehead atoms. The van der Waals surface area contributed by atoms with Crippen LogP contribution in [0.5, 0.6) is 11.5 Å². The molecule has 0 radical (unpaired) electrons. The molecule has 6 heteroatoms. The lowest BCUT2D eigenvalue weighted by atomic mass is 10.1. The molecule has 3 N–H and O–H groups in total. The van der Waals surface area contributed by atoms with E-state index < -0.39 is 0 Å². The zero-order valence-electron chi connectivity index (χ0n) is 9.60. The summed E-state index contributed by atoms with van der Waals surface area (Å²) >= 11 is 0. The number of phenols is 1. The second-order valence-electron chi connectivity index (χ2n) is 3.55. The molecule has 17 heavy (non-hydrogen) atoms. The maximum atomic E-state index is 9.68. The molecule has 0 spiro atoms. The van der Waals surface area contributed by atoms with Gasteiger partial charge in [-0.3, -0.25) is 0 Å². The third-order valence-electron chi connectivity index (χ3n) is 2.40. The fourth-order valence-corrected chi connectivity index (χ4v) is 1.46. The number of aryl methyl sites for hydroxylation is 1. The van der Waals surface area contributed by atoms with Crippen molar-refractivity contribution in [1.82, 2.24) is 10.1 Å². The van der Waals surface area contributed by atoms with Crippen LogP contribution in [0.3, 0.4) is 0 Å². The fourth-order valence-electron chi connectivity index (χ4n) is 1.46. The number of hydrogen-bond acceptors (Lipinski definition) is 6. The van der Waals surface area contributed by atoms with Gasteiger partial charge >= 0.3 is 0 Å². The van der Waals surface area contributed by atoms with Crippen molar-refractivity contribution in [3.8, 4) is 22.9 Å². The molecule has 0 saturated heterocycles. The van der Waals surface area contributed by atoms with Gasteiger partial charge in [0, 0.05) is 0 Å². The van der Waals surface area contributed by atoms with Crippen molar-refractivity contribution in [2.75, 3.05) is 7.11 Å². The second kappa shape index (κ2) is 4.42. The molecule has 1 heterocycles. The zero-order valence-corrected chi connectivity index (χ0v) is 9.60. The Hall–Kier alpha value is -2.08. The van der Waals surface area contributed by atoms with Crippen molar-refractivity contribution >= 4 is 0 Å². The number of phenolic OH excluding ortho intramolecular Hbond substituents is 1. The Bertz CT molecular complexity index is 537. The van der Waals surface area contributed by atoms with E-state index in [0.29, 0.717) is 28.6 Å². The van der Waals surface area contributed by atoms with Gasteiger partial charge in [0.15, 0.2) is 0 Å². The lowest BCUT2D eigenvalue weighted by Crippen LogP contribution is -1.96. The number of ether oxygens (including phenoxy) is 1. The molecule has 0 aliphatic rings. The summed E-state index contributed by atoms with van der Waals surface area (Å²) in [4.78, 5) is 4.08. The molecule has 0 saturated carbocycles. The first kappa shape index (κ1) is 11.4. The van der Waals surface area contributed by atoms with Gasteiger partial charge in [0.05, 0.1) is 19.2 Å². The molecule has 0 aliphatic carbocycles. The smallest absolute Gasteiger partial charge is 0.240 e. The number of nitrogens with two attached hydrogens (primary N) is 1. The number of aromatic nitrogens is 2. The summed E-state index contributed by atoms with van der Waals surface area (Å²) in [6.07, 6.45) is 0. The van der Waals surface area contributed by atoms with E-state index in [1.807, 2.05) is 0 Å². The lowest BCUT2D eigenvalue weighted by molar-refractivity contribution is 0.379. The van der Waals surface area contributed by atoms with Gasteiger partial charge in [-0.1, -0.05) is 5.16 Å². The van der Waals surface area contributed by atoms with E-state index in [2.05, 4.69) is 10.1 Å². The predicted octanol–water partition coefficient (Wildman–Crippen LogP) is 1.22. The lowest BCUT2D eigenvalue weighted by Gasteiger charge is -2.07. The number of rotatable bonds is 3. The van der Waals surface area contributed by atoms with Crippen molar-refractivity contribution in [1.29, 1.82) is 0 Å². The Kier molecular flexibility index (Phi) is 2.97. The van der Waals surface area contributed by atoms with Gasteiger partial charge in [-0.2, -0.15) is 4.98 Å². The first-order chi connectivity index (χ1) is 8.15. The third-order valence-corrected chi connectivity index (χ3v) is 2.40. The van der Waals surface area contributed by atoms with Crippen molar-refractivity contribution in [3.05, 3.63) is 23.6 Å². The first-order valence-electron chi connectivity index (χ1n) is 5.06. The summed E-state index contributed by atoms with van der Waals surface area (Å²) in [6.45, 7) is 1.95. The van der Waals surface area contributed by atoms with Gasteiger partial charge in [0.2, 0.25) is 11.7 Å². The molecule has 0 aliphatic heterocycles. The molecule has 1 aromatic carbocycles. The van der Waals surface area contributed by atoms with E-state index in [4.69, 9.17) is 15.0 Å². The summed E-state index contributed by atoms with van der Waals surface area (Å²) in [5, 5.41) is 13.5. The molecular formula is C11H13N3O3. The van der Waals surface area contributed by atoms with Gasteiger partial charge in [0.25, 0.3) is 0 Å². The molecule has 90 valence electrons. The minimum Gasteiger partial charge on any atom is -0.508 e. The Morgan fingerprint density at radius 2 is 2.24 bits per heavy atom. The largest absolute Gasteiger partial charge is 0.508 e. The Morgan fingerprint density at radius 3 is 2.82 bits per heavy atom. The van der Waals surface area contributed by atoms with Gasteiger partial charge in [-0.05, 0) is 24.6 Å². The van der Waals surface area contributed by atoms with E-state index in [1.54, 1.807) is 26.2 Å². The summed E-state index contributed by atoms with van der Waals surface area (Å²) in [5.74, 6) is 1.41. The van der Waals surface area contributed by atoms with Crippen LogP contribution in [0.2, 0.25) is 0 Å². The van der Waals surface area contributed by atoms with Crippen LogP contribution in [0.4, 0.5) is 0 Å². The molecular weight excluding hydrogens is 222 g/mol. The quantitative estimate of drug-likeness (QED) is 0.830. The predicted molar refractivity (Wildman–Crippen MR) is 60.6 cm³/mol. The summed E-state index contributed by atoms with van der Waals surface area (Å²) in [6, 6.07) is 3.25. The molecule has 1 aromatic heterocycles. The van der Waals surface area contributed by atoms with Crippen LogP contribution < -0.4 is 10.5 Å². The standard InChI is InChI=1S/C11H13N3O3/c1-6-3-9(16-2)7(4-8(6)15)11-13-10(5-12)17-14-11/h3-4,15H,5,12H2,1-2H3. The Morgan fingerprint density at radius 1 is 1.47 bits per heavy atom. The zero-order chi connectivity index (χ0) is 12.4. The number of methoxy groups -OCH3 is 1. The number of nitrogens with zero attached hydrogens (tertiary/aromatic N) is 2. The van der Waals surface area contributed by atoms with Crippen LogP contribution in [0.1, 0.15) is 11.5 Å². The maximum Gasteiger partial charge on any atom is 0.240 e. The summed E-state index contributed by atoms with van der Waals surface area (Å²) in [5.41, 5.74) is 6.67. The molecule has 0 amide bonds. The van der Waals surface area contributed by atoms with Gasteiger partial charge < -0.3 is 20.1 Å². The minimum absolute atomic E-state index is 0.153. The van der Waals surface area contributed by atoms with E-state index in [1.165, 1.54) is 0 Å². The number of hydrogen-bond donors (Lipinski definition) is 2. The highest BCUT2D eigenvalue weighted by Crippen LogP contribution is 2.33. The molecule has 0 fully saturated rings. The number of benzene rings is 1. The van der Waals surface area contributed by atoms with Crippen molar-refractivity contribution in [2.45, 2.75) is 13.5 Å². The van der Waals surface area contributed by atoms with E-state index >= 15 is 0 Å². The number of aromatic hydroxyl groups is 1. The van der Waals surface area contributed by atoms with Crippen LogP contribution in [0.25, 0.3) is 11.4 Å². The minimum atomic E-state index is 0.153. The first-order valence-corrected chi connectivity index (χ1v) is 5.06. The molecule has 6 nitrogen and oxygen atoms in total. The third kappa shape index (κ3) is 2.07. The molecule has 0 atom stereocenters. The average molecular weight is 235 g/mol. The topological polar surface area (TPSA) is 94.4 Å². The van der Waals surface area contributed by atoms with Gasteiger partial charge in [0.1, 0.15) is 11.5 Å². The van der Waals surface area contributed by atoms with Crippen LogP contribution in [0.15, 0.2) is 16.7 Å². The molecule has 2 aromatic rings. The average Bonchev–Trinajstić information content (AvgIpc) is 2.80. The van der Waals surface area contributed by atoms with Crippen molar-refractivity contribution in [3.63, 3.8) is 0 Å². The Labute approximate surface area is 98.0 Å². The van der Waals surface area contributed by atoms with E-state index in [0.717, 1.165) is 0 Å². The SMILES string of the molecule is COc1cc(C)c(O)cc1-c1noc(CN)n1. The summed E-state index contributed by atoms with van der Waals surface area (Å²) < 4.78 is 10.1. The fraction of sp³-hybridized carbons (Fsp3) is 0.273. The monoisotopic (exact) mass is 235 g/mol. The van der Waals surface area contributed by atoms with Crippen molar-refractivity contribution in [2.24, 2.45) is 5.73 Å². The maximum absolute atomic E-state index is 9.68. The van der Waals surface area contributed by atoms with Crippen LogP contribution in [0, 0.1) is 6.92 Å². The van der Waals surface area contributed by atoms with E-state index in [9.17, 15) is 5.11 Å². The van der Waals surface area contributed by atoms with Gasteiger partial charge in [-0.15, -0.1) is 0 Å². The summed E-state index contributed by atoms with van der Waals surface area (Å²) in [7, 11) is 1.54. The highest BCUT2D eigenvalue weighted by atomic mass is 16.5. The van der Waals surface area contributed by atoms with Crippen LogP contribution in [-0.4, -0.2) is 22.4 Å². The highest BCUT2D eigenvalue weighted by Gasteiger charge is 2.15. The Balaban J connectivity index is 2.53. The highest BCUT2D eigenvalue weighted by molar-refractivity contribution is 5.67. The van der Waals surface area contributed by atoms with Crippen molar-refractivity contribution < 1.29 is 14.4 Å². The van der Waals surface area contributed by atoms with Crippen LogP contribution in [-0.2, 0) is 6.54 Å². The van der Waals surface area contributed by atoms with Gasteiger partial charge in [-0.25, -0.2) is 0 Å². The molecule has 2 rings (SSSR count). The van der Waals surface area contributed by atoms with E-state index in [-0.39, 0.29) is 12.3 Å². The van der Waals surface area contributed by atoms with Crippen LogP contribution >= 0.6 is 0 Å². The molecule has 0 unspecified atom stereocenters.